The third-order valence-corrected chi connectivity index (χ3v) is 4.34. The van der Waals surface area contributed by atoms with Crippen LogP contribution in [0.15, 0.2) is 42.5 Å². The second kappa shape index (κ2) is 6.59. The van der Waals surface area contributed by atoms with Crippen LogP contribution >= 0.6 is 11.6 Å². The zero-order valence-electron chi connectivity index (χ0n) is 12.2. The Hall–Kier alpha value is -1.71. The first-order valence-electron chi connectivity index (χ1n) is 7.45. The van der Waals surface area contributed by atoms with E-state index in [0.29, 0.717) is 11.1 Å². The van der Waals surface area contributed by atoms with Gasteiger partial charge in [0.05, 0.1) is 5.02 Å². The second-order valence-electron chi connectivity index (χ2n) is 5.59. The zero-order chi connectivity index (χ0) is 15.5. The van der Waals surface area contributed by atoms with Crippen molar-refractivity contribution in [2.75, 3.05) is 13.1 Å². The number of carbonyl (C=O) groups excluding carboxylic acids is 1. The fourth-order valence-electron chi connectivity index (χ4n) is 2.88. The number of benzene rings is 2. The van der Waals surface area contributed by atoms with E-state index in [1.807, 2.05) is 24.3 Å². The Kier molecular flexibility index (Phi) is 4.55. The van der Waals surface area contributed by atoms with Crippen LogP contribution in [0.25, 0.3) is 0 Å². The molecule has 0 atom stereocenters. The predicted octanol–water partition coefficient (Wildman–Crippen LogP) is 4.31. The largest absolute Gasteiger partial charge is 0.299 e. The summed E-state index contributed by atoms with van der Waals surface area (Å²) in [5, 5.41) is 0.154. The van der Waals surface area contributed by atoms with Crippen LogP contribution in [-0.4, -0.2) is 23.8 Å². The number of likely N-dealkylation sites (tertiary alicyclic amines) is 1. The van der Waals surface area contributed by atoms with E-state index in [9.17, 15) is 9.18 Å². The Labute approximate surface area is 134 Å². The van der Waals surface area contributed by atoms with Gasteiger partial charge in [-0.25, -0.2) is 4.39 Å². The van der Waals surface area contributed by atoms with E-state index in [1.54, 1.807) is 0 Å². The van der Waals surface area contributed by atoms with E-state index >= 15 is 0 Å². The second-order valence-corrected chi connectivity index (χ2v) is 6.00. The van der Waals surface area contributed by atoms with Crippen LogP contribution in [-0.2, 0) is 6.54 Å². The van der Waals surface area contributed by atoms with Crippen molar-refractivity contribution in [3.05, 3.63) is 70.0 Å². The lowest BCUT2D eigenvalue weighted by Crippen LogP contribution is -2.20. The average Bonchev–Trinajstić information content (AvgIpc) is 3.00. The summed E-state index contributed by atoms with van der Waals surface area (Å²) < 4.78 is 13.2. The summed E-state index contributed by atoms with van der Waals surface area (Å²) in [4.78, 5) is 15.1. The smallest absolute Gasteiger partial charge is 0.194 e. The monoisotopic (exact) mass is 317 g/mol. The SMILES string of the molecule is O=C(c1ccc(F)cc1Cl)c1ccccc1CN1CCCC1. The molecule has 0 aliphatic carbocycles. The van der Waals surface area contributed by atoms with Crippen LogP contribution in [0, 0.1) is 5.82 Å². The van der Waals surface area contributed by atoms with Gasteiger partial charge in [0, 0.05) is 17.7 Å². The molecule has 1 fully saturated rings. The molecule has 0 unspecified atom stereocenters. The highest BCUT2D eigenvalue weighted by Gasteiger charge is 2.19. The third-order valence-electron chi connectivity index (χ3n) is 4.03. The number of rotatable bonds is 4. The van der Waals surface area contributed by atoms with Gasteiger partial charge in [-0.15, -0.1) is 0 Å². The van der Waals surface area contributed by atoms with Crippen LogP contribution < -0.4 is 0 Å². The summed E-state index contributed by atoms with van der Waals surface area (Å²) in [6, 6.07) is 11.5. The summed E-state index contributed by atoms with van der Waals surface area (Å²) >= 11 is 6.03. The lowest BCUT2D eigenvalue weighted by Gasteiger charge is -2.17. The van der Waals surface area contributed by atoms with E-state index in [-0.39, 0.29) is 10.8 Å². The first kappa shape index (κ1) is 15.2. The maximum atomic E-state index is 13.2. The molecule has 2 nitrogen and oxygen atoms in total. The molecule has 0 spiro atoms. The van der Waals surface area contributed by atoms with E-state index in [0.717, 1.165) is 25.2 Å². The van der Waals surface area contributed by atoms with Crippen LogP contribution in [0.5, 0.6) is 0 Å². The van der Waals surface area contributed by atoms with Crippen LogP contribution in [0.4, 0.5) is 4.39 Å². The summed E-state index contributed by atoms with van der Waals surface area (Å²) in [7, 11) is 0. The number of halogens is 2. The molecule has 2 aromatic carbocycles. The first-order chi connectivity index (χ1) is 10.6. The minimum atomic E-state index is -0.438. The van der Waals surface area contributed by atoms with Crippen molar-refractivity contribution in [2.45, 2.75) is 19.4 Å². The van der Waals surface area contributed by atoms with E-state index in [1.165, 1.54) is 31.0 Å². The van der Waals surface area contributed by atoms with E-state index < -0.39 is 5.82 Å². The van der Waals surface area contributed by atoms with Crippen molar-refractivity contribution in [2.24, 2.45) is 0 Å². The van der Waals surface area contributed by atoms with Gasteiger partial charge in [-0.05, 0) is 49.7 Å². The molecule has 0 bridgehead atoms. The Morgan fingerprint density at radius 1 is 1.09 bits per heavy atom. The van der Waals surface area contributed by atoms with Gasteiger partial charge in [0.15, 0.2) is 5.78 Å². The van der Waals surface area contributed by atoms with Gasteiger partial charge in [0.1, 0.15) is 5.82 Å². The average molecular weight is 318 g/mol. The van der Waals surface area contributed by atoms with Crippen molar-refractivity contribution >= 4 is 17.4 Å². The Morgan fingerprint density at radius 3 is 2.55 bits per heavy atom. The highest BCUT2D eigenvalue weighted by Crippen LogP contribution is 2.23. The van der Waals surface area contributed by atoms with Crippen molar-refractivity contribution in [3.8, 4) is 0 Å². The molecule has 22 heavy (non-hydrogen) atoms. The molecule has 0 N–H and O–H groups in total. The lowest BCUT2D eigenvalue weighted by atomic mass is 9.98. The molecule has 0 amide bonds. The molecular formula is C18H17ClFNO. The Balaban J connectivity index is 1.91. The molecule has 3 rings (SSSR count). The molecule has 1 saturated heterocycles. The fraction of sp³-hybridized carbons (Fsp3) is 0.278. The normalized spacial score (nSPS) is 15.2. The minimum Gasteiger partial charge on any atom is -0.299 e. The lowest BCUT2D eigenvalue weighted by molar-refractivity contribution is 0.103. The summed E-state index contributed by atoms with van der Waals surface area (Å²) in [6.07, 6.45) is 2.42. The number of nitrogens with zero attached hydrogens (tertiary/aromatic N) is 1. The molecule has 1 aliphatic heterocycles. The number of hydrogen-bond acceptors (Lipinski definition) is 2. The predicted molar refractivity (Wildman–Crippen MR) is 85.8 cm³/mol. The van der Waals surface area contributed by atoms with Crippen molar-refractivity contribution in [1.29, 1.82) is 0 Å². The van der Waals surface area contributed by atoms with Gasteiger partial charge in [0.25, 0.3) is 0 Å². The molecule has 0 saturated carbocycles. The molecular weight excluding hydrogens is 301 g/mol. The number of ketones is 1. The highest BCUT2D eigenvalue weighted by molar-refractivity contribution is 6.35. The van der Waals surface area contributed by atoms with Crippen LogP contribution in [0.1, 0.15) is 34.3 Å². The van der Waals surface area contributed by atoms with Crippen molar-refractivity contribution in [1.82, 2.24) is 4.90 Å². The highest BCUT2D eigenvalue weighted by atomic mass is 35.5. The minimum absolute atomic E-state index is 0.153. The topological polar surface area (TPSA) is 20.3 Å². The van der Waals surface area contributed by atoms with Gasteiger partial charge in [-0.1, -0.05) is 35.9 Å². The van der Waals surface area contributed by atoms with Gasteiger partial charge < -0.3 is 0 Å². The fourth-order valence-corrected chi connectivity index (χ4v) is 3.13. The Bertz CT molecular complexity index is 695. The van der Waals surface area contributed by atoms with Crippen molar-refractivity contribution in [3.63, 3.8) is 0 Å². The summed E-state index contributed by atoms with van der Waals surface area (Å²) in [5.74, 6) is -0.591. The van der Waals surface area contributed by atoms with E-state index in [4.69, 9.17) is 11.6 Å². The first-order valence-corrected chi connectivity index (χ1v) is 7.83. The summed E-state index contributed by atoms with van der Waals surface area (Å²) in [6.45, 7) is 2.90. The molecule has 1 aliphatic rings. The third kappa shape index (κ3) is 3.21. The Morgan fingerprint density at radius 2 is 1.82 bits per heavy atom. The zero-order valence-corrected chi connectivity index (χ0v) is 12.9. The number of hydrogen-bond donors (Lipinski definition) is 0. The molecule has 4 heteroatoms. The van der Waals surface area contributed by atoms with Crippen LogP contribution in [0.2, 0.25) is 5.02 Å². The van der Waals surface area contributed by atoms with Gasteiger partial charge in [-0.2, -0.15) is 0 Å². The van der Waals surface area contributed by atoms with Crippen molar-refractivity contribution < 1.29 is 9.18 Å². The molecule has 0 radical (unpaired) electrons. The van der Waals surface area contributed by atoms with Gasteiger partial charge in [0.2, 0.25) is 0 Å². The molecule has 2 aromatic rings. The van der Waals surface area contributed by atoms with E-state index in [2.05, 4.69) is 4.90 Å². The van der Waals surface area contributed by atoms with Gasteiger partial charge in [-0.3, -0.25) is 9.69 Å². The maximum absolute atomic E-state index is 13.2. The maximum Gasteiger partial charge on any atom is 0.194 e. The van der Waals surface area contributed by atoms with Gasteiger partial charge >= 0.3 is 0 Å². The van der Waals surface area contributed by atoms with Crippen LogP contribution in [0.3, 0.4) is 0 Å². The molecule has 0 aromatic heterocycles. The number of carbonyl (C=O) groups is 1. The summed E-state index contributed by atoms with van der Waals surface area (Å²) in [5.41, 5.74) is 1.98. The molecule has 1 heterocycles. The quantitative estimate of drug-likeness (QED) is 0.783. The molecule has 114 valence electrons. The standard InChI is InChI=1S/C18H17ClFNO/c19-17-11-14(20)7-8-16(17)18(22)15-6-2-1-5-13(15)12-21-9-3-4-10-21/h1-2,5-8,11H,3-4,9-10,12H2.